The molecule has 1 atom stereocenters. The number of anilines is 2. The largest absolute Gasteiger partial charge is 0.416 e. The highest BCUT2D eigenvalue weighted by atomic mass is 19.4. The van der Waals surface area contributed by atoms with Crippen molar-refractivity contribution in [2.24, 2.45) is 11.8 Å². The molecule has 0 aromatic heterocycles. The molecule has 0 saturated carbocycles. The van der Waals surface area contributed by atoms with E-state index in [1.54, 1.807) is 17.0 Å². The van der Waals surface area contributed by atoms with Crippen LogP contribution in [0.4, 0.5) is 34.6 Å². The van der Waals surface area contributed by atoms with E-state index in [0.29, 0.717) is 38.5 Å². The number of hydrogen-bond acceptors (Lipinski definition) is 5. The van der Waals surface area contributed by atoms with E-state index >= 15 is 0 Å². The minimum absolute atomic E-state index is 0.0770. The molecule has 2 aliphatic heterocycles. The number of amides is 1. The Morgan fingerprint density at radius 3 is 2.31 bits per heavy atom. The van der Waals surface area contributed by atoms with Gasteiger partial charge in [0.1, 0.15) is 11.5 Å². The van der Waals surface area contributed by atoms with E-state index < -0.39 is 22.4 Å². The summed E-state index contributed by atoms with van der Waals surface area (Å²) in [5, 5.41) is 14.4. The number of hydrogen-bond donors (Lipinski definition) is 1. The van der Waals surface area contributed by atoms with Crippen LogP contribution < -0.4 is 15.1 Å². The second kappa shape index (κ2) is 10.1. The van der Waals surface area contributed by atoms with Gasteiger partial charge in [0, 0.05) is 50.4 Å². The summed E-state index contributed by atoms with van der Waals surface area (Å²) in [6, 6.07) is 8.87. The maximum absolute atomic E-state index is 13.1. The van der Waals surface area contributed by atoms with Crippen LogP contribution >= 0.6 is 0 Å². The Morgan fingerprint density at radius 2 is 1.69 bits per heavy atom. The lowest BCUT2D eigenvalue weighted by Gasteiger charge is -2.33. The van der Waals surface area contributed by atoms with Gasteiger partial charge in [0.2, 0.25) is 5.91 Å². The maximum Gasteiger partial charge on any atom is 0.416 e. The van der Waals surface area contributed by atoms with E-state index in [9.17, 15) is 32.5 Å². The maximum atomic E-state index is 13.1. The fourth-order valence-corrected chi connectivity index (χ4v) is 4.77. The van der Waals surface area contributed by atoms with E-state index in [2.05, 4.69) is 10.2 Å². The minimum Gasteiger partial charge on any atom is -0.371 e. The van der Waals surface area contributed by atoms with Gasteiger partial charge >= 0.3 is 6.18 Å². The third-order valence-corrected chi connectivity index (χ3v) is 6.75. The van der Waals surface area contributed by atoms with Crippen molar-refractivity contribution in [1.29, 1.82) is 0 Å². The number of nitrogens with zero attached hydrogens (tertiary/aromatic N) is 3. The van der Waals surface area contributed by atoms with Crippen LogP contribution in [-0.2, 0) is 11.0 Å². The highest BCUT2D eigenvalue weighted by Crippen LogP contribution is 2.37. The lowest BCUT2D eigenvalue weighted by molar-refractivity contribution is -0.384. The van der Waals surface area contributed by atoms with E-state index in [1.165, 1.54) is 12.1 Å². The van der Waals surface area contributed by atoms with Gasteiger partial charge < -0.3 is 15.1 Å². The smallest absolute Gasteiger partial charge is 0.371 e. The van der Waals surface area contributed by atoms with Crippen molar-refractivity contribution in [2.45, 2.75) is 25.4 Å². The summed E-state index contributed by atoms with van der Waals surface area (Å²) < 4.78 is 52.0. The fourth-order valence-electron chi connectivity index (χ4n) is 4.77. The molecule has 1 N–H and O–H groups in total. The third-order valence-electron chi connectivity index (χ3n) is 6.75. The first kappa shape index (κ1) is 24.7. The van der Waals surface area contributed by atoms with Gasteiger partial charge in [0.05, 0.1) is 10.5 Å². The number of nitrogens with one attached hydrogen (secondary N) is 1. The van der Waals surface area contributed by atoms with E-state index in [-0.39, 0.29) is 29.2 Å². The van der Waals surface area contributed by atoms with Crippen LogP contribution in [0.2, 0.25) is 0 Å². The SMILES string of the molecule is O=C(NCC1CCN(c2ccc(F)cc2)C1)C1CCN(c2ccc(C(F)(F)F)cc2[N+](=O)[O-])CC1. The normalized spacial score (nSPS) is 19.1. The average molecular weight is 494 g/mol. The van der Waals surface area contributed by atoms with Gasteiger partial charge in [-0.1, -0.05) is 0 Å². The Morgan fingerprint density at radius 1 is 1.03 bits per heavy atom. The zero-order valence-corrected chi connectivity index (χ0v) is 18.9. The van der Waals surface area contributed by atoms with Gasteiger partial charge in [-0.25, -0.2) is 4.39 Å². The van der Waals surface area contributed by atoms with Crippen LogP contribution in [0, 0.1) is 27.8 Å². The second-order valence-electron chi connectivity index (χ2n) is 9.04. The summed E-state index contributed by atoms with van der Waals surface area (Å²) in [5.41, 5.74) is -0.569. The molecule has 4 rings (SSSR count). The van der Waals surface area contributed by atoms with Crippen LogP contribution in [-0.4, -0.2) is 43.6 Å². The first-order chi connectivity index (χ1) is 16.6. The minimum atomic E-state index is -4.66. The molecule has 0 spiro atoms. The van der Waals surface area contributed by atoms with Gasteiger partial charge in [0.25, 0.3) is 5.69 Å². The standard InChI is InChI=1S/C24H26F4N4O3/c25-19-2-4-20(5-3-19)31-10-7-16(15-31)14-29-23(33)17-8-11-30(12-9-17)21-6-1-18(24(26,27)28)13-22(21)32(34)35/h1-6,13,16-17H,7-12,14-15H2,(H,29,33). The monoisotopic (exact) mass is 494 g/mol. The van der Waals surface area contributed by atoms with Crippen molar-refractivity contribution in [3.8, 4) is 0 Å². The topological polar surface area (TPSA) is 78.7 Å². The quantitative estimate of drug-likeness (QED) is 0.361. The van der Waals surface area contributed by atoms with Crippen molar-refractivity contribution in [1.82, 2.24) is 5.32 Å². The van der Waals surface area contributed by atoms with Crippen LogP contribution in [0.25, 0.3) is 0 Å². The summed E-state index contributed by atoms with van der Waals surface area (Å²) in [7, 11) is 0. The van der Waals surface area contributed by atoms with Crippen molar-refractivity contribution >= 4 is 23.0 Å². The molecule has 2 fully saturated rings. The molecule has 11 heteroatoms. The number of halogens is 4. The molecule has 188 valence electrons. The lowest BCUT2D eigenvalue weighted by atomic mass is 9.95. The van der Waals surface area contributed by atoms with Gasteiger partial charge in [-0.15, -0.1) is 0 Å². The second-order valence-corrected chi connectivity index (χ2v) is 9.04. The molecule has 7 nitrogen and oxygen atoms in total. The van der Waals surface area contributed by atoms with Gasteiger partial charge in [-0.2, -0.15) is 13.2 Å². The Labute approximate surface area is 199 Å². The highest BCUT2D eigenvalue weighted by Gasteiger charge is 2.35. The third kappa shape index (κ3) is 5.83. The van der Waals surface area contributed by atoms with Crippen molar-refractivity contribution in [2.75, 3.05) is 42.5 Å². The number of alkyl halides is 3. The number of rotatable bonds is 6. The Balaban J connectivity index is 1.28. The number of carbonyl (C=O) groups excluding carboxylic acids is 1. The highest BCUT2D eigenvalue weighted by molar-refractivity contribution is 5.79. The summed E-state index contributed by atoms with van der Waals surface area (Å²) in [6.45, 7) is 2.80. The Hall–Kier alpha value is -3.37. The fraction of sp³-hybridized carbons (Fsp3) is 0.458. The molecule has 0 bridgehead atoms. The molecule has 2 saturated heterocycles. The molecule has 1 unspecified atom stereocenters. The first-order valence-electron chi connectivity index (χ1n) is 11.5. The summed E-state index contributed by atoms with van der Waals surface area (Å²) >= 11 is 0. The molecule has 2 aromatic carbocycles. The molecular weight excluding hydrogens is 468 g/mol. The number of nitro groups is 1. The number of piperidine rings is 1. The molecular formula is C24H26F4N4O3. The van der Waals surface area contributed by atoms with Gasteiger partial charge in [0.15, 0.2) is 0 Å². The molecule has 35 heavy (non-hydrogen) atoms. The predicted octanol–water partition coefficient (Wildman–Crippen LogP) is 4.61. The Kier molecular flexibility index (Phi) is 7.13. The van der Waals surface area contributed by atoms with Gasteiger partial charge in [-0.05, 0) is 61.6 Å². The van der Waals surface area contributed by atoms with E-state index in [4.69, 9.17) is 0 Å². The molecule has 2 aliphatic rings. The number of carbonyl (C=O) groups is 1. The number of nitro benzene ring substituents is 1. The van der Waals surface area contributed by atoms with Crippen LogP contribution in [0.15, 0.2) is 42.5 Å². The van der Waals surface area contributed by atoms with Gasteiger partial charge in [-0.3, -0.25) is 14.9 Å². The van der Waals surface area contributed by atoms with Crippen molar-refractivity contribution in [3.63, 3.8) is 0 Å². The van der Waals surface area contributed by atoms with E-state index in [0.717, 1.165) is 37.3 Å². The van der Waals surface area contributed by atoms with Crippen molar-refractivity contribution < 1.29 is 27.3 Å². The van der Waals surface area contributed by atoms with Crippen LogP contribution in [0.1, 0.15) is 24.8 Å². The molecule has 2 heterocycles. The average Bonchev–Trinajstić information content (AvgIpc) is 3.31. The van der Waals surface area contributed by atoms with E-state index in [1.807, 2.05) is 0 Å². The summed E-state index contributed by atoms with van der Waals surface area (Å²) in [6.07, 6.45) is -2.84. The zero-order valence-electron chi connectivity index (χ0n) is 18.9. The lowest BCUT2D eigenvalue weighted by Crippen LogP contribution is -2.42. The summed E-state index contributed by atoms with van der Waals surface area (Å²) in [5.74, 6) is -0.337. The molecule has 0 radical (unpaired) electrons. The number of benzene rings is 2. The zero-order chi connectivity index (χ0) is 25.2. The molecule has 1 amide bonds. The Bertz CT molecular complexity index is 1070. The van der Waals surface area contributed by atoms with Crippen LogP contribution in [0.3, 0.4) is 0 Å². The summed E-state index contributed by atoms with van der Waals surface area (Å²) in [4.78, 5) is 27.1. The first-order valence-corrected chi connectivity index (χ1v) is 11.5. The molecule has 0 aliphatic carbocycles. The van der Waals surface area contributed by atoms with Crippen LogP contribution in [0.5, 0.6) is 0 Å². The van der Waals surface area contributed by atoms with Crippen molar-refractivity contribution in [3.05, 3.63) is 64.0 Å². The predicted molar refractivity (Wildman–Crippen MR) is 123 cm³/mol. The molecule has 2 aromatic rings.